The van der Waals surface area contributed by atoms with E-state index in [2.05, 4.69) is 4.90 Å². The predicted molar refractivity (Wildman–Crippen MR) is 55.5 cm³/mol. The molecule has 1 heterocycles. The molecule has 0 unspecified atom stereocenters. The molecule has 0 aromatic carbocycles. The Morgan fingerprint density at radius 2 is 1.69 bits per heavy atom. The van der Waals surface area contributed by atoms with E-state index in [0.717, 1.165) is 13.1 Å². The Bertz CT molecular complexity index is 225. The van der Waals surface area contributed by atoms with Crippen molar-refractivity contribution in [2.45, 2.75) is 19.3 Å². The molecule has 6 heteroatoms. The first kappa shape index (κ1) is 13.2. The van der Waals surface area contributed by atoms with Crippen LogP contribution in [-0.4, -0.2) is 38.7 Å². The molecule has 80 valence electrons. The van der Waals surface area contributed by atoms with E-state index >= 15 is 0 Å². The van der Waals surface area contributed by atoms with Gasteiger partial charge >= 0.3 is 0 Å². The first-order chi connectivity index (χ1) is 5.58. The predicted octanol–water partition coefficient (Wildman–Crippen LogP) is 0.183. The van der Waals surface area contributed by atoms with E-state index in [4.69, 9.17) is 5.14 Å². The van der Waals surface area contributed by atoms with E-state index in [1.54, 1.807) is 0 Å². The van der Waals surface area contributed by atoms with E-state index in [1.165, 1.54) is 19.3 Å². The van der Waals surface area contributed by atoms with Crippen molar-refractivity contribution in [1.29, 1.82) is 0 Å². The Morgan fingerprint density at radius 1 is 1.15 bits per heavy atom. The number of likely N-dealkylation sites (tertiary alicyclic amines) is 1. The average molecular weight is 229 g/mol. The number of hydrogen-bond acceptors (Lipinski definition) is 3. The molecule has 0 atom stereocenters. The maximum atomic E-state index is 10.6. The van der Waals surface area contributed by atoms with E-state index < -0.39 is 10.0 Å². The smallest absolute Gasteiger partial charge is 0.210 e. The van der Waals surface area contributed by atoms with Crippen molar-refractivity contribution < 1.29 is 8.42 Å². The summed E-state index contributed by atoms with van der Waals surface area (Å²) in [6, 6.07) is 0. The zero-order valence-electron chi connectivity index (χ0n) is 7.61. The molecule has 0 spiro atoms. The van der Waals surface area contributed by atoms with Crippen LogP contribution in [0.4, 0.5) is 0 Å². The highest BCUT2D eigenvalue weighted by Gasteiger charge is 2.12. The molecular formula is C7H17ClN2O2S. The molecule has 0 aromatic rings. The molecule has 13 heavy (non-hydrogen) atoms. The molecule has 0 bridgehead atoms. The van der Waals surface area contributed by atoms with E-state index in [0.29, 0.717) is 6.54 Å². The topological polar surface area (TPSA) is 63.4 Å². The summed E-state index contributed by atoms with van der Waals surface area (Å²) in [6.45, 7) is 2.64. The molecule has 1 saturated heterocycles. The fourth-order valence-electron chi connectivity index (χ4n) is 1.44. The summed E-state index contributed by atoms with van der Waals surface area (Å²) in [5.74, 6) is 0.0903. The lowest BCUT2D eigenvalue weighted by molar-refractivity contribution is 0.241. The van der Waals surface area contributed by atoms with Gasteiger partial charge in [-0.15, -0.1) is 12.4 Å². The summed E-state index contributed by atoms with van der Waals surface area (Å²) in [6.07, 6.45) is 3.64. The summed E-state index contributed by atoms with van der Waals surface area (Å²) in [4.78, 5) is 2.16. The van der Waals surface area contributed by atoms with Crippen molar-refractivity contribution in [2.24, 2.45) is 5.14 Å². The van der Waals surface area contributed by atoms with Crippen LogP contribution in [0.5, 0.6) is 0 Å². The van der Waals surface area contributed by atoms with Crippen molar-refractivity contribution in [3.05, 3.63) is 0 Å². The van der Waals surface area contributed by atoms with Crippen LogP contribution >= 0.6 is 12.4 Å². The van der Waals surface area contributed by atoms with Gasteiger partial charge < -0.3 is 4.90 Å². The van der Waals surface area contributed by atoms with Crippen LogP contribution in [0.1, 0.15) is 19.3 Å². The van der Waals surface area contributed by atoms with Gasteiger partial charge in [-0.3, -0.25) is 0 Å². The number of nitrogens with zero attached hydrogens (tertiary/aromatic N) is 1. The molecule has 1 rings (SSSR count). The highest BCUT2D eigenvalue weighted by atomic mass is 35.5. The number of primary sulfonamides is 1. The lowest BCUT2D eigenvalue weighted by atomic mass is 10.1. The number of hydrogen-bond donors (Lipinski definition) is 1. The van der Waals surface area contributed by atoms with Crippen LogP contribution in [-0.2, 0) is 10.0 Å². The van der Waals surface area contributed by atoms with Crippen molar-refractivity contribution in [1.82, 2.24) is 4.90 Å². The summed E-state index contributed by atoms with van der Waals surface area (Å²) < 4.78 is 21.3. The lowest BCUT2D eigenvalue weighted by Gasteiger charge is -2.25. The third kappa shape index (κ3) is 6.26. The normalized spacial score (nSPS) is 19.5. The summed E-state index contributed by atoms with van der Waals surface area (Å²) >= 11 is 0. The Labute approximate surface area is 85.9 Å². The number of piperidine rings is 1. The van der Waals surface area contributed by atoms with Crippen molar-refractivity contribution in [3.8, 4) is 0 Å². The monoisotopic (exact) mass is 228 g/mol. The van der Waals surface area contributed by atoms with Crippen LogP contribution in [0.3, 0.4) is 0 Å². The molecule has 1 aliphatic heterocycles. The fraction of sp³-hybridized carbons (Fsp3) is 1.00. The number of rotatable bonds is 3. The van der Waals surface area contributed by atoms with Crippen LogP contribution < -0.4 is 5.14 Å². The Morgan fingerprint density at radius 3 is 2.15 bits per heavy atom. The summed E-state index contributed by atoms with van der Waals surface area (Å²) in [5, 5.41) is 4.90. The number of halogens is 1. The van der Waals surface area contributed by atoms with Crippen LogP contribution in [0.25, 0.3) is 0 Å². The first-order valence-electron chi connectivity index (χ1n) is 4.31. The molecular weight excluding hydrogens is 212 g/mol. The molecule has 1 fully saturated rings. The van der Waals surface area contributed by atoms with Gasteiger partial charge in [-0.1, -0.05) is 6.42 Å². The second-order valence-electron chi connectivity index (χ2n) is 3.27. The standard InChI is InChI=1S/C7H16N2O2S.ClH/c8-12(10,11)7-6-9-4-2-1-3-5-9;/h1-7H2,(H2,8,10,11);1H. The summed E-state index contributed by atoms with van der Waals surface area (Å²) in [7, 11) is -3.27. The van der Waals surface area contributed by atoms with E-state index in [9.17, 15) is 8.42 Å². The minimum absolute atomic E-state index is 0. The molecule has 0 aromatic heterocycles. The molecule has 0 radical (unpaired) electrons. The van der Waals surface area contributed by atoms with Crippen LogP contribution in [0, 0.1) is 0 Å². The van der Waals surface area contributed by atoms with Crippen LogP contribution in [0.2, 0.25) is 0 Å². The van der Waals surface area contributed by atoms with Crippen LogP contribution in [0.15, 0.2) is 0 Å². The van der Waals surface area contributed by atoms with Gasteiger partial charge in [0.1, 0.15) is 0 Å². The Hall–Kier alpha value is 0.160. The average Bonchev–Trinajstić information content (AvgIpc) is 2.02. The first-order valence-corrected chi connectivity index (χ1v) is 6.02. The van der Waals surface area contributed by atoms with Gasteiger partial charge in [-0.2, -0.15) is 0 Å². The SMILES string of the molecule is Cl.NS(=O)(=O)CCN1CCCCC1. The quantitative estimate of drug-likeness (QED) is 0.750. The minimum Gasteiger partial charge on any atom is -0.302 e. The molecule has 2 N–H and O–H groups in total. The minimum atomic E-state index is -3.27. The highest BCUT2D eigenvalue weighted by Crippen LogP contribution is 2.07. The Balaban J connectivity index is 0.00000144. The lowest BCUT2D eigenvalue weighted by Crippen LogP contribution is -2.35. The zero-order chi connectivity index (χ0) is 9.03. The van der Waals surface area contributed by atoms with Gasteiger partial charge in [0, 0.05) is 6.54 Å². The van der Waals surface area contributed by atoms with Crippen molar-refractivity contribution >= 4 is 22.4 Å². The molecule has 1 aliphatic rings. The van der Waals surface area contributed by atoms with E-state index in [-0.39, 0.29) is 18.2 Å². The second-order valence-corrected chi connectivity index (χ2v) is 5.00. The van der Waals surface area contributed by atoms with E-state index in [1.807, 2.05) is 0 Å². The van der Waals surface area contributed by atoms with Gasteiger partial charge in [0.25, 0.3) is 0 Å². The Kier molecular flexibility index (Phi) is 5.87. The van der Waals surface area contributed by atoms with Crippen molar-refractivity contribution in [2.75, 3.05) is 25.4 Å². The van der Waals surface area contributed by atoms with Gasteiger partial charge in [-0.25, -0.2) is 13.6 Å². The maximum absolute atomic E-state index is 10.6. The molecule has 4 nitrogen and oxygen atoms in total. The summed E-state index contributed by atoms with van der Waals surface area (Å²) in [5.41, 5.74) is 0. The van der Waals surface area contributed by atoms with Gasteiger partial charge in [-0.05, 0) is 25.9 Å². The zero-order valence-corrected chi connectivity index (χ0v) is 9.24. The third-order valence-corrected chi connectivity index (χ3v) is 2.89. The molecule has 0 aliphatic carbocycles. The number of sulfonamides is 1. The fourth-order valence-corrected chi connectivity index (χ4v) is 1.95. The van der Waals surface area contributed by atoms with Gasteiger partial charge in [0.05, 0.1) is 5.75 Å². The van der Waals surface area contributed by atoms with Gasteiger partial charge in [0.15, 0.2) is 0 Å². The molecule has 0 amide bonds. The van der Waals surface area contributed by atoms with Gasteiger partial charge in [0.2, 0.25) is 10.0 Å². The second kappa shape index (κ2) is 5.80. The highest BCUT2D eigenvalue weighted by molar-refractivity contribution is 7.89. The third-order valence-electron chi connectivity index (χ3n) is 2.14. The van der Waals surface area contributed by atoms with Crippen molar-refractivity contribution in [3.63, 3.8) is 0 Å². The number of nitrogens with two attached hydrogens (primary N) is 1. The maximum Gasteiger partial charge on any atom is 0.210 e. The molecule has 0 saturated carbocycles. The largest absolute Gasteiger partial charge is 0.302 e.